The summed E-state index contributed by atoms with van der Waals surface area (Å²) >= 11 is 0. The highest BCUT2D eigenvalue weighted by Gasteiger charge is 2.35. The van der Waals surface area contributed by atoms with E-state index in [0.29, 0.717) is 0 Å². The van der Waals surface area contributed by atoms with E-state index >= 15 is 0 Å². The second-order valence-corrected chi connectivity index (χ2v) is 6.82. The minimum atomic E-state index is -1.27. The average molecular weight is 449 g/mol. The van der Waals surface area contributed by atoms with E-state index in [9.17, 15) is 33.9 Å². The summed E-state index contributed by atoms with van der Waals surface area (Å²) in [5.74, 6) is -3.80. The number of hydrogen-bond acceptors (Lipinski definition) is 7. The Morgan fingerprint density at radius 2 is 1.94 bits per heavy atom. The molecule has 0 aliphatic carbocycles. The Kier molecular flexibility index (Phi) is 7.71. The number of benzene rings is 1. The van der Waals surface area contributed by atoms with E-state index in [4.69, 9.17) is 10.5 Å². The molecular weight excluding hydrogens is 426 g/mol. The first-order valence-corrected chi connectivity index (χ1v) is 9.41. The van der Waals surface area contributed by atoms with Gasteiger partial charge in [0.15, 0.2) is 0 Å². The molecule has 0 saturated carbocycles. The van der Waals surface area contributed by atoms with Gasteiger partial charge in [-0.25, -0.2) is 14.5 Å². The lowest BCUT2D eigenvalue weighted by Crippen LogP contribution is -2.57. The number of nitrogens with one attached hydrogen (secondary N) is 2. The van der Waals surface area contributed by atoms with Gasteiger partial charge in [-0.2, -0.15) is 0 Å². The third-order valence-corrected chi connectivity index (χ3v) is 4.54. The van der Waals surface area contributed by atoms with Crippen LogP contribution >= 0.6 is 0 Å². The Balaban J connectivity index is 2.21. The van der Waals surface area contributed by atoms with Gasteiger partial charge in [0.2, 0.25) is 23.6 Å². The van der Waals surface area contributed by atoms with Gasteiger partial charge >= 0.3 is 12.0 Å². The summed E-state index contributed by atoms with van der Waals surface area (Å²) in [6.45, 7) is 0.579. The first-order chi connectivity index (χ1) is 15.0. The fourth-order valence-corrected chi connectivity index (χ4v) is 3.04. The number of aromatic carboxylic acids is 1. The molecule has 0 bridgehead atoms. The standard InChI is InChI=1S/C19H23N5O8/c1-10(25)22-12(8-15(20)26)17(28)21-9-24-16(27)5-6-23(19(24)31)13-7-11(18(29)30)3-4-14(13)32-2/h3-4,7,12H,5-6,8-9H2,1-2H3,(H2,20,26)(H,21,28)(H,22,25)(H,29,30)/t12-/m0/s1. The van der Waals surface area contributed by atoms with Crippen LogP contribution in [-0.4, -0.2) is 72.0 Å². The van der Waals surface area contributed by atoms with Crippen LogP contribution in [0, 0.1) is 0 Å². The van der Waals surface area contributed by atoms with Gasteiger partial charge in [-0.05, 0) is 18.2 Å². The van der Waals surface area contributed by atoms with Gasteiger partial charge in [0.25, 0.3) is 0 Å². The van der Waals surface area contributed by atoms with Crippen LogP contribution in [-0.2, 0) is 19.2 Å². The van der Waals surface area contributed by atoms with Crippen LogP contribution in [0.2, 0.25) is 0 Å². The number of anilines is 1. The third kappa shape index (κ3) is 5.71. The van der Waals surface area contributed by atoms with E-state index in [1.165, 1.54) is 25.3 Å². The van der Waals surface area contributed by atoms with Crippen LogP contribution in [0.4, 0.5) is 10.5 Å². The molecule has 13 nitrogen and oxygen atoms in total. The van der Waals surface area contributed by atoms with Crippen molar-refractivity contribution < 1.29 is 38.6 Å². The van der Waals surface area contributed by atoms with E-state index in [1.807, 2.05) is 0 Å². The molecule has 5 N–H and O–H groups in total. The number of primary amides is 1. The molecule has 1 aromatic carbocycles. The third-order valence-electron chi connectivity index (χ3n) is 4.54. The lowest BCUT2D eigenvalue weighted by atomic mass is 10.1. The molecule has 13 heteroatoms. The van der Waals surface area contributed by atoms with Crippen molar-refractivity contribution in [2.75, 3.05) is 25.2 Å². The van der Waals surface area contributed by atoms with Crippen LogP contribution in [0.1, 0.15) is 30.1 Å². The van der Waals surface area contributed by atoms with Crippen molar-refractivity contribution in [3.63, 3.8) is 0 Å². The van der Waals surface area contributed by atoms with E-state index < -0.39 is 54.8 Å². The van der Waals surface area contributed by atoms with Gasteiger partial charge in [-0.15, -0.1) is 0 Å². The number of hydrogen-bond donors (Lipinski definition) is 4. The first kappa shape index (κ1) is 24.1. The smallest absolute Gasteiger partial charge is 0.335 e. The molecule has 1 aliphatic rings. The van der Waals surface area contributed by atoms with Gasteiger partial charge in [-0.1, -0.05) is 0 Å². The molecule has 32 heavy (non-hydrogen) atoms. The normalized spacial score (nSPS) is 14.6. The molecule has 172 valence electrons. The fraction of sp³-hybridized carbons (Fsp3) is 0.368. The molecule has 1 aliphatic heterocycles. The Morgan fingerprint density at radius 3 is 2.50 bits per heavy atom. The maximum atomic E-state index is 13.0. The number of methoxy groups -OCH3 is 1. The summed E-state index contributed by atoms with van der Waals surface area (Å²) in [6.07, 6.45) is -0.572. The molecule has 0 radical (unpaired) electrons. The first-order valence-electron chi connectivity index (χ1n) is 9.41. The van der Waals surface area contributed by atoms with Crippen LogP contribution in [0.3, 0.4) is 0 Å². The number of carbonyl (C=O) groups excluding carboxylic acids is 5. The van der Waals surface area contributed by atoms with Gasteiger partial charge < -0.3 is 26.2 Å². The van der Waals surface area contributed by atoms with Crippen molar-refractivity contribution in [1.82, 2.24) is 15.5 Å². The molecule has 1 atom stereocenters. The van der Waals surface area contributed by atoms with Crippen molar-refractivity contribution in [2.45, 2.75) is 25.8 Å². The molecule has 6 amide bonds. The second-order valence-electron chi connectivity index (χ2n) is 6.82. The number of nitrogens with zero attached hydrogens (tertiary/aromatic N) is 2. The van der Waals surface area contributed by atoms with Gasteiger partial charge in [0.05, 0.1) is 24.8 Å². The van der Waals surface area contributed by atoms with E-state index in [-0.39, 0.29) is 30.0 Å². The summed E-state index contributed by atoms with van der Waals surface area (Å²) in [5.41, 5.74) is 5.14. The second kappa shape index (κ2) is 10.2. The number of nitrogens with two attached hydrogens (primary N) is 1. The van der Waals surface area contributed by atoms with E-state index in [1.54, 1.807) is 0 Å². The lowest BCUT2D eigenvalue weighted by molar-refractivity contribution is -0.133. The van der Waals surface area contributed by atoms with Crippen molar-refractivity contribution in [3.05, 3.63) is 23.8 Å². The number of carbonyl (C=O) groups is 6. The van der Waals surface area contributed by atoms with E-state index in [0.717, 1.165) is 16.7 Å². The summed E-state index contributed by atoms with van der Waals surface area (Å²) < 4.78 is 5.20. The quantitative estimate of drug-likeness (QED) is 0.369. The van der Waals surface area contributed by atoms with Gasteiger partial charge in [-0.3, -0.25) is 24.1 Å². The number of ether oxygens (including phenoxy) is 1. The van der Waals surface area contributed by atoms with Crippen LogP contribution in [0.15, 0.2) is 18.2 Å². The number of imide groups is 1. The monoisotopic (exact) mass is 449 g/mol. The van der Waals surface area contributed by atoms with Crippen molar-refractivity contribution in [3.8, 4) is 5.75 Å². The zero-order valence-electron chi connectivity index (χ0n) is 17.4. The van der Waals surface area contributed by atoms with Crippen molar-refractivity contribution in [2.24, 2.45) is 5.73 Å². The lowest BCUT2D eigenvalue weighted by Gasteiger charge is -2.35. The summed E-state index contributed by atoms with van der Waals surface area (Å²) in [4.78, 5) is 73.3. The highest BCUT2D eigenvalue weighted by atomic mass is 16.5. The molecule has 1 saturated heterocycles. The molecule has 1 heterocycles. The predicted octanol–water partition coefficient (Wildman–Crippen LogP) is -0.994. The number of carboxylic acid groups (broad SMARTS) is 1. The van der Waals surface area contributed by atoms with Crippen LogP contribution < -0.4 is 26.0 Å². The van der Waals surface area contributed by atoms with Gasteiger partial charge in [0, 0.05) is 19.9 Å². The zero-order chi connectivity index (χ0) is 24.0. The highest BCUT2D eigenvalue weighted by molar-refractivity contribution is 6.07. The average Bonchev–Trinajstić information content (AvgIpc) is 2.71. The Hall–Kier alpha value is -4.16. The Labute approximate surface area is 182 Å². The van der Waals surface area contributed by atoms with Crippen molar-refractivity contribution >= 4 is 41.3 Å². The van der Waals surface area contributed by atoms with Crippen LogP contribution in [0.5, 0.6) is 5.75 Å². The maximum Gasteiger partial charge on any atom is 0.335 e. The largest absolute Gasteiger partial charge is 0.495 e. The molecule has 0 unspecified atom stereocenters. The summed E-state index contributed by atoms with van der Waals surface area (Å²) in [5, 5.41) is 13.8. The zero-order valence-corrected chi connectivity index (χ0v) is 17.4. The summed E-state index contributed by atoms with van der Waals surface area (Å²) in [6, 6.07) is 1.85. The Bertz CT molecular complexity index is 947. The number of carboxylic acids is 1. The molecular formula is C19H23N5O8. The number of rotatable bonds is 9. The summed E-state index contributed by atoms with van der Waals surface area (Å²) in [7, 11) is 1.34. The maximum absolute atomic E-state index is 13.0. The molecule has 0 spiro atoms. The fourth-order valence-electron chi connectivity index (χ4n) is 3.04. The molecule has 2 rings (SSSR count). The van der Waals surface area contributed by atoms with E-state index in [2.05, 4.69) is 10.6 Å². The minimum Gasteiger partial charge on any atom is -0.495 e. The minimum absolute atomic E-state index is 0.0300. The molecule has 1 fully saturated rings. The number of urea groups is 1. The highest BCUT2D eigenvalue weighted by Crippen LogP contribution is 2.32. The molecule has 1 aromatic rings. The SMILES string of the molecule is COc1ccc(C(=O)O)cc1N1CCC(=O)N(CNC(=O)[C@H](CC(N)=O)NC(C)=O)C1=O. The van der Waals surface area contributed by atoms with Crippen molar-refractivity contribution in [1.29, 1.82) is 0 Å². The van der Waals surface area contributed by atoms with Gasteiger partial charge in [0.1, 0.15) is 18.5 Å². The number of amides is 6. The topological polar surface area (TPSA) is 188 Å². The van der Waals surface area contributed by atoms with Crippen LogP contribution in [0.25, 0.3) is 0 Å². The predicted molar refractivity (Wildman–Crippen MR) is 109 cm³/mol. The molecule has 0 aromatic heterocycles. The Morgan fingerprint density at radius 1 is 1.25 bits per heavy atom.